The Kier molecular flexibility index (Phi) is 5.87. The number of halogens is 1. The molecule has 0 spiro atoms. The number of hydrogen-bond donors (Lipinski definition) is 1. The van der Waals surface area contributed by atoms with Gasteiger partial charge in [-0.25, -0.2) is 9.78 Å². The molecule has 1 amide bonds. The lowest BCUT2D eigenvalue weighted by Gasteiger charge is -2.03. The summed E-state index contributed by atoms with van der Waals surface area (Å²) < 4.78 is 10.6. The highest BCUT2D eigenvalue weighted by atomic mass is 35.5. The summed E-state index contributed by atoms with van der Waals surface area (Å²) in [5.41, 5.74) is 1.64. The van der Waals surface area contributed by atoms with Gasteiger partial charge in [0.2, 0.25) is 0 Å². The van der Waals surface area contributed by atoms with Crippen LogP contribution in [0.3, 0.4) is 0 Å². The van der Waals surface area contributed by atoms with Crippen LogP contribution in [0.1, 0.15) is 9.67 Å². The average molecular weight is 409 g/mol. The summed E-state index contributed by atoms with van der Waals surface area (Å²) in [6.07, 6.45) is 0. The standard InChI is InChI=1S/C17H13ClN2O4S2/c1-23-11-4-2-10(3-5-11)12-9-25-17(19-12)20-15(21)8-24-16(22)13-6-7-14(18)26-13/h2-7,9H,8H2,1H3,(H,19,20,21). The van der Waals surface area contributed by atoms with Crippen LogP contribution in [0.15, 0.2) is 41.8 Å². The molecule has 1 N–H and O–H groups in total. The molecule has 2 heterocycles. The summed E-state index contributed by atoms with van der Waals surface area (Å²) in [6.45, 7) is -0.397. The minimum absolute atomic E-state index is 0.346. The Morgan fingerprint density at radius 2 is 1.96 bits per heavy atom. The number of esters is 1. The number of thiazole rings is 1. The maximum absolute atomic E-state index is 11.9. The molecule has 0 atom stereocenters. The number of hydrogen-bond acceptors (Lipinski definition) is 7. The first-order chi connectivity index (χ1) is 12.5. The van der Waals surface area contributed by atoms with E-state index in [0.29, 0.717) is 14.3 Å². The second kappa shape index (κ2) is 8.31. The second-order valence-electron chi connectivity index (χ2n) is 4.99. The topological polar surface area (TPSA) is 77.5 Å². The molecule has 0 saturated heterocycles. The first-order valence-electron chi connectivity index (χ1n) is 7.37. The first kappa shape index (κ1) is 18.4. The van der Waals surface area contributed by atoms with Crippen molar-refractivity contribution < 1.29 is 19.1 Å². The summed E-state index contributed by atoms with van der Waals surface area (Å²) in [4.78, 5) is 28.4. The predicted molar refractivity (Wildman–Crippen MR) is 102 cm³/mol. The number of benzene rings is 1. The molecule has 2 aromatic heterocycles. The first-order valence-corrected chi connectivity index (χ1v) is 9.45. The third-order valence-electron chi connectivity index (χ3n) is 3.25. The van der Waals surface area contributed by atoms with Gasteiger partial charge in [0.05, 0.1) is 17.1 Å². The molecule has 0 aliphatic heterocycles. The van der Waals surface area contributed by atoms with Crippen LogP contribution < -0.4 is 10.1 Å². The van der Waals surface area contributed by atoms with Crippen LogP contribution in [-0.2, 0) is 9.53 Å². The summed E-state index contributed by atoms with van der Waals surface area (Å²) in [6, 6.07) is 10.6. The van der Waals surface area contributed by atoms with E-state index < -0.39 is 18.5 Å². The van der Waals surface area contributed by atoms with E-state index in [4.69, 9.17) is 21.1 Å². The van der Waals surface area contributed by atoms with E-state index in [9.17, 15) is 9.59 Å². The van der Waals surface area contributed by atoms with Gasteiger partial charge < -0.3 is 9.47 Å². The molecule has 0 unspecified atom stereocenters. The smallest absolute Gasteiger partial charge is 0.348 e. The third-order valence-corrected chi connectivity index (χ3v) is 5.21. The van der Waals surface area contributed by atoms with Gasteiger partial charge >= 0.3 is 5.97 Å². The number of methoxy groups -OCH3 is 1. The van der Waals surface area contributed by atoms with Gasteiger partial charge in [0, 0.05) is 10.9 Å². The molecule has 6 nitrogen and oxygen atoms in total. The minimum Gasteiger partial charge on any atom is -0.497 e. The maximum atomic E-state index is 11.9. The van der Waals surface area contributed by atoms with Crippen molar-refractivity contribution in [3.8, 4) is 17.0 Å². The molecule has 134 valence electrons. The van der Waals surface area contributed by atoms with Crippen LogP contribution in [0.5, 0.6) is 5.75 Å². The molecule has 1 aromatic carbocycles. The third kappa shape index (κ3) is 4.60. The summed E-state index contributed by atoms with van der Waals surface area (Å²) >= 11 is 8.14. The lowest BCUT2D eigenvalue weighted by Crippen LogP contribution is -2.20. The molecule has 3 aromatic rings. The van der Waals surface area contributed by atoms with E-state index in [0.717, 1.165) is 28.3 Å². The molecule has 0 aliphatic carbocycles. The summed E-state index contributed by atoms with van der Waals surface area (Å²) in [5, 5.41) is 4.87. The van der Waals surface area contributed by atoms with Gasteiger partial charge in [-0.1, -0.05) is 11.6 Å². The van der Waals surface area contributed by atoms with Gasteiger partial charge in [-0.05, 0) is 36.4 Å². The highest BCUT2D eigenvalue weighted by Gasteiger charge is 2.14. The van der Waals surface area contributed by atoms with E-state index in [1.54, 1.807) is 19.2 Å². The van der Waals surface area contributed by atoms with Crippen LogP contribution in [0, 0.1) is 0 Å². The van der Waals surface area contributed by atoms with Gasteiger partial charge in [0.1, 0.15) is 10.6 Å². The zero-order valence-corrected chi connectivity index (χ0v) is 15.9. The molecule has 0 saturated carbocycles. The Morgan fingerprint density at radius 3 is 2.62 bits per heavy atom. The molecule has 0 aliphatic rings. The highest BCUT2D eigenvalue weighted by Crippen LogP contribution is 2.26. The molecular weight excluding hydrogens is 396 g/mol. The van der Waals surface area contributed by atoms with Gasteiger partial charge in [0.25, 0.3) is 5.91 Å². The van der Waals surface area contributed by atoms with Crippen molar-refractivity contribution in [2.75, 3.05) is 19.0 Å². The quantitative estimate of drug-likeness (QED) is 0.614. The van der Waals surface area contributed by atoms with Crippen molar-refractivity contribution in [1.29, 1.82) is 0 Å². The van der Waals surface area contributed by atoms with Crippen LogP contribution in [-0.4, -0.2) is 30.6 Å². The molecule has 0 bridgehead atoms. The lowest BCUT2D eigenvalue weighted by atomic mass is 10.2. The van der Waals surface area contributed by atoms with Crippen LogP contribution >= 0.6 is 34.3 Å². The summed E-state index contributed by atoms with van der Waals surface area (Å²) in [5.74, 6) is -0.293. The number of thiophene rings is 1. The fourth-order valence-electron chi connectivity index (χ4n) is 2.01. The number of nitrogens with one attached hydrogen (secondary N) is 1. The number of anilines is 1. The second-order valence-corrected chi connectivity index (χ2v) is 7.57. The Morgan fingerprint density at radius 1 is 1.19 bits per heavy atom. The predicted octanol–water partition coefficient (Wildman–Crippen LogP) is 4.33. The number of carbonyl (C=O) groups is 2. The van der Waals surface area contributed by atoms with Gasteiger partial charge in [-0.15, -0.1) is 22.7 Å². The maximum Gasteiger partial charge on any atom is 0.348 e. The zero-order valence-electron chi connectivity index (χ0n) is 13.5. The number of nitrogens with zero attached hydrogens (tertiary/aromatic N) is 1. The Balaban J connectivity index is 1.54. The monoisotopic (exact) mass is 408 g/mol. The fraction of sp³-hybridized carbons (Fsp3) is 0.118. The minimum atomic E-state index is -0.588. The number of rotatable bonds is 6. The van der Waals surface area contributed by atoms with Crippen LogP contribution in [0.2, 0.25) is 4.34 Å². The average Bonchev–Trinajstić information content (AvgIpc) is 3.29. The zero-order chi connectivity index (χ0) is 18.5. The van der Waals surface area contributed by atoms with Crippen LogP contribution in [0.4, 0.5) is 5.13 Å². The van der Waals surface area contributed by atoms with E-state index in [-0.39, 0.29) is 0 Å². The van der Waals surface area contributed by atoms with Gasteiger partial charge in [-0.2, -0.15) is 0 Å². The number of carbonyl (C=O) groups excluding carboxylic acids is 2. The number of amides is 1. The summed E-state index contributed by atoms with van der Waals surface area (Å²) in [7, 11) is 1.60. The Bertz CT molecular complexity index is 921. The Hall–Kier alpha value is -2.42. The highest BCUT2D eigenvalue weighted by molar-refractivity contribution is 7.17. The molecule has 26 heavy (non-hydrogen) atoms. The molecular formula is C17H13ClN2O4S2. The van der Waals surface area contributed by atoms with E-state index in [2.05, 4.69) is 10.3 Å². The Labute approximate surface area is 162 Å². The molecule has 9 heteroatoms. The van der Waals surface area contributed by atoms with Gasteiger partial charge in [-0.3, -0.25) is 10.1 Å². The van der Waals surface area contributed by atoms with E-state index in [1.807, 2.05) is 29.6 Å². The van der Waals surface area contributed by atoms with Crippen molar-refractivity contribution in [2.45, 2.75) is 0 Å². The van der Waals surface area contributed by atoms with Crippen molar-refractivity contribution >= 4 is 51.3 Å². The van der Waals surface area contributed by atoms with Crippen molar-refractivity contribution in [3.63, 3.8) is 0 Å². The number of aromatic nitrogens is 1. The van der Waals surface area contributed by atoms with Crippen LogP contribution in [0.25, 0.3) is 11.3 Å². The van der Waals surface area contributed by atoms with E-state index >= 15 is 0 Å². The molecule has 3 rings (SSSR count). The fourth-order valence-corrected chi connectivity index (χ4v) is 3.68. The largest absolute Gasteiger partial charge is 0.497 e. The van der Waals surface area contributed by atoms with Crippen molar-refractivity contribution in [2.24, 2.45) is 0 Å². The lowest BCUT2D eigenvalue weighted by molar-refractivity contribution is -0.119. The van der Waals surface area contributed by atoms with Crippen molar-refractivity contribution in [3.05, 3.63) is 51.0 Å². The van der Waals surface area contributed by atoms with Crippen molar-refractivity contribution in [1.82, 2.24) is 4.98 Å². The van der Waals surface area contributed by atoms with E-state index in [1.165, 1.54) is 11.3 Å². The molecule has 0 fully saturated rings. The molecule has 0 radical (unpaired) electrons. The normalized spacial score (nSPS) is 10.4. The SMILES string of the molecule is COc1ccc(-c2csc(NC(=O)COC(=O)c3ccc(Cl)s3)n2)cc1. The number of ether oxygens (including phenoxy) is 2. The van der Waals surface area contributed by atoms with Gasteiger partial charge in [0.15, 0.2) is 11.7 Å².